The zero-order chi connectivity index (χ0) is 24.0. The van der Waals surface area contributed by atoms with E-state index in [1.807, 2.05) is 0 Å². The van der Waals surface area contributed by atoms with Crippen molar-refractivity contribution >= 4 is 5.97 Å². The van der Waals surface area contributed by atoms with E-state index in [4.69, 9.17) is 4.74 Å². The molecule has 0 heterocycles. The maximum absolute atomic E-state index is 13.2. The van der Waals surface area contributed by atoms with Crippen LogP contribution in [0.3, 0.4) is 0 Å². The molecule has 0 aromatic heterocycles. The van der Waals surface area contributed by atoms with Gasteiger partial charge < -0.3 is 9.84 Å². The molecule has 184 valence electrons. The third-order valence-electron chi connectivity index (χ3n) is 12.6. The van der Waals surface area contributed by atoms with Gasteiger partial charge in [-0.25, -0.2) is 0 Å². The summed E-state index contributed by atoms with van der Waals surface area (Å²) >= 11 is 0. The van der Waals surface area contributed by atoms with Crippen LogP contribution < -0.4 is 0 Å². The van der Waals surface area contributed by atoms with E-state index in [-0.39, 0.29) is 45.1 Å². The normalized spacial score (nSPS) is 50.8. The molecule has 5 aliphatic carbocycles. The van der Waals surface area contributed by atoms with E-state index >= 15 is 0 Å². The minimum absolute atomic E-state index is 0.00825. The molecule has 4 fully saturated rings. The van der Waals surface area contributed by atoms with Crippen molar-refractivity contribution in [3.63, 3.8) is 0 Å². The van der Waals surface area contributed by atoms with Gasteiger partial charge in [-0.1, -0.05) is 58.4 Å². The lowest BCUT2D eigenvalue weighted by molar-refractivity contribution is -0.204. The van der Waals surface area contributed by atoms with E-state index in [9.17, 15) is 9.90 Å². The van der Waals surface area contributed by atoms with Crippen LogP contribution in [0.15, 0.2) is 23.8 Å². The van der Waals surface area contributed by atoms with Crippen molar-refractivity contribution in [2.24, 2.45) is 44.8 Å². The largest absolute Gasteiger partial charge is 0.469 e. The third-order valence-corrected chi connectivity index (χ3v) is 12.6. The van der Waals surface area contributed by atoms with Crippen molar-refractivity contribution in [3.05, 3.63) is 23.8 Å². The van der Waals surface area contributed by atoms with E-state index in [0.717, 1.165) is 51.4 Å². The summed E-state index contributed by atoms with van der Waals surface area (Å²) in [5.41, 5.74) is 3.07. The van der Waals surface area contributed by atoms with Gasteiger partial charge in [-0.05, 0) is 97.7 Å². The Morgan fingerprint density at radius 1 is 1.03 bits per heavy atom. The highest BCUT2D eigenvalue weighted by Gasteiger charge is 2.68. The number of ether oxygens (including phenoxy) is 1. The van der Waals surface area contributed by atoms with Gasteiger partial charge in [-0.15, -0.1) is 0 Å². The summed E-state index contributed by atoms with van der Waals surface area (Å²) in [4.78, 5) is 13.2. The Morgan fingerprint density at radius 3 is 2.45 bits per heavy atom. The number of allylic oxidation sites excluding steroid dienone is 3. The van der Waals surface area contributed by atoms with E-state index in [0.29, 0.717) is 11.8 Å². The van der Waals surface area contributed by atoms with Crippen molar-refractivity contribution in [2.45, 2.75) is 105 Å². The molecule has 1 N–H and O–H groups in total. The number of hydrogen-bond acceptors (Lipinski definition) is 3. The van der Waals surface area contributed by atoms with Gasteiger partial charge in [0.2, 0.25) is 0 Å². The first-order valence-electron chi connectivity index (χ1n) is 13.5. The van der Waals surface area contributed by atoms with Crippen LogP contribution in [0.2, 0.25) is 0 Å². The van der Waals surface area contributed by atoms with Crippen molar-refractivity contribution < 1.29 is 14.6 Å². The number of carbonyl (C=O) groups is 1. The van der Waals surface area contributed by atoms with Gasteiger partial charge >= 0.3 is 5.97 Å². The fourth-order valence-electron chi connectivity index (χ4n) is 10.4. The molecule has 0 unspecified atom stereocenters. The zero-order valence-electron chi connectivity index (χ0n) is 21.9. The summed E-state index contributed by atoms with van der Waals surface area (Å²) in [5, 5.41) is 10.9. The van der Waals surface area contributed by atoms with Gasteiger partial charge in [0.1, 0.15) is 0 Å². The van der Waals surface area contributed by atoms with E-state index in [2.05, 4.69) is 47.3 Å². The van der Waals surface area contributed by atoms with Crippen LogP contribution in [0.4, 0.5) is 0 Å². The SMILES string of the molecule is C=C1CC[C@]2(C(=O)OC)CC[C@]3(C)C(=CC[C@@H]4[C@@]5(C)CC[C@@H](O)C(C)(C)[C@@H]5CC[C@]43C)[C@@H]2C1. The number of methoxy groups -OCH3 is 1. The molecule has 0 aromatic carbocycles. The Labute approximate surface area is 201 Å². The Hall–Kier alpha value is -1.09. The lowest BCUT2D eigenvalue weighted by Gasteiger charge is -2.71. The molecular formula is C30H46O3. The average Bonchev–Trinajstić information content (AvgIpc) is 2.76. The molecule has 0 radical (unpaired) electrons. The zero-order valence-corrected chi connectivity index (χ0v) is 21.9. The van der Waals surface area contributed by atoms with Gasteiger partial charge in [0.05, 0.1) is 18.6 Å². The van der Waals surface area contributed by atoms with Crippen LogP contribution in [-0.2, 0) is 9.53 Å². The first-order chi connectivity index (χ1) is 15.4. The van der Waals surface area contributed by atoms with Gasteiger partial charge in [0, 0.05) is 5.92 Å². The summed E-state index contributed by atoms with van der Waals surface area (Å²) in [7, 11) is 1.57. The number of rotatable bonds is 1. The van der Waals surface area contributed by atoms with Crippen LogP contribution in [-0.4, -0.2) is 24.3 Å². The van der Waals surface area contributed by atoms with Crippen molar-refractivity contribution in [1.82, 2.24) is 0 Å². The summed E-state index contributed by atoms with van der Waals surface area (Å²) < 4.78 is 5.43. The Morgan fingerprint density at radius 2 is 1.76 bits per heavy atom. The van der Waals surface area contributed by atoms with Crippen LogP contribution in [0.1, 0.15) is 98.8 Å². The average molecular weight is 455 g/mol. The van der Waals surface area contributed by atoms with Crippen LogP contribution in [0.25, 0.3) is 0 Å². The highest BCUT2D eigenvalue weighted by atomic mass is 16.5. The number of carbonyl (C=O) groups excluding carboxylic acids is 1. The lowest BCUT2D eigenvalue weighted by Crippen LogP contribution is -2.64. The Balaban J connectivity index is 1.59. The van der Waals surface area contributed by atoms with Gasteiger partial charge in [0.15, 0.2) is 0 Å². The molecule has 0 aliphatic heterocycles. The molecule has 3 nitrogen and oxygen atoms in total. The summed E-state index contributed by atoms with van der Waals surface area (Å²) in [5.74, 6) is 1.45. The third kappa shape index (κ3) is 2.81. The molecule has 4 saturated carbocycles. The second-order valence-corrected chi connectivity index (χ2v) is 13.8. The van der Waals surface area contributed by atoms with E-state index in [1.165, 1.54) is 18.4 Å². The Kier molecular flexibility index (Phi) is 5.17. The maximum Gasteiger partial charge on any atom is 0.312 e. The van der Waals surface area contributed by atoms with Crippen molar-refractivity contribution in [3.8, 4) is 0 Å². The molecule has 0 spiro atoms. The minimum atomic E-state index is -0.359. The van der Waals surface area contributed by atoms with Gasteiger partial charge in [-0.3, -0.25) is 4.79 Å². The number of hydrogen-bond donors (Lipinski definition) is 1. The smallest absolute Gasteiger partial charge is 0.312 e. The number of fused-ring (bicyclic) bond motifs is 7. The topological polar surface area (TPSA) is 46.5 Å². The van der Waals surface area contributed by atoms with Crippen LogP contribution >= 0.6 is 0 Å². The predicted molar refractivity (Wildman–Crippen MR) is 132 cm³/mol. The highest BCUT2D eigenvalue weighted by molar-refractivity contribution is 5.78. The monoisotopic (exact) mass is 454 g/mol. The molecule has 0 aromatic rings. The highest BCUT2D eigenvalue weighted by Crippen LogP contribution is 2.75. The molecular weight excluding hydrogens is 408 g/mol. The van der Waals surface area contributed by atoms with Crippen molar-refractivity contribution in [2.75, 3.05) is 7.11 Å². The second kappa shape index (κ2) is 7.21. The first kappa shape index (κ1) is 23.6. The molecule has 0 saturated heterocycles. The fourth-order valence-corrected chi connectivity index (χ4v) is 10.4. The standard InChI is InChI=1S/C30H46O3/c1-19-10-15-30(25(32)33-7)17-16-28(5)20(21(30)18-19)8-9-23-27(4)13-12-24(31)26(2,3)22(27)11-14-29(23,28)6/h8,21-24,31H,1,9-18H2,2-7H3/t21-,22-,23+,24+,27-,28+,29+,30-/m0/s1. The molecule has 33 heavy (non-hydrogen) atoms. The Bertz CT molecular complexity index is 900. The molecule has 0 amide bonds. The van der Waals surface area contributed by atoms with Gasteiger partial charge in [0.25, 0.3) is 0 Å². The molecule has 3 heteroatoms. The number of esters is 1. The van der Waals surface area contributed by atoms with Crippen molar-refractivity contribution in [1.29, 1.82) is 0 Å². The van der Waals surface area contributed by atoms with Crippen LogP contribution in [0, 0.1) is 44.8 Å². The number of aliphatic hydroxyl groups is 1. The van der Waals surface area contributed by atoms with E-state index < -0.39 is 0 Å². The second-order valence-electron chi connectivity index (χ2n) is 13.8. The molecule has 5 rings (SSSR count). The fraction of sp³-hybridized carbons (Fsp3) is 0.833. The molecule has 5 aliphatic rings. The van der Waals surface area contributed by atoms with Gasteiger partial charge in [-0.2, -0.15) is 0 Å². The lowest BCUT2D eigenvalue weighted by atomic mass is 9.34. The predicted octanol–water partition coefficient (Wildman–Crippen LogP) is 6.85. The maximum atomic E-state index is 13.2. The van der Waals surface area contributed by atoms with E-state index in [1.54, 1.807) is 12.7 Å². The molecule has 8 atom stereocenters. The first-order valence-corrected chi connectivity index (χ1v) is 13.5. The summed E-state index contributed by atoms with van der Waals surface area (Å²) in [6.07, 6.45) is 12.8. The quantitative estimate of drug-likeness (QED) is 0.348. The minimum Gasteiger partial charge on any atom is -0.469 e. The molecule has 0 bridgehead atoms. The van der Waals surface area contributed by atoms with Crippen LogP contribution in [0.5, 0.6) is 0 Å². The number of aliphatic hydroxyl groups excluding tert-OH is 1. The summed E-state index contributed by atoms with van der Waals surface area (Å²) in [6.45, 7) is 16.7. The summed E-state index contributed by atoms with van der Waals surface area (Å²) in [6, 6.07) is 0.